The molecule has 6 nitrogen and oxygen atoms in total. The number of nitrogens with zero attached hydrogens (tertiary/aromatic N) is 5. The summed E-state index contributed by atoms with van der Waals surface area (Å²) in [7, 11) is 0. The second-order valence-corrected chi connectivity index (χ2v) is 16.7. The summed E-state index contributed by atoms with van der Waals surface area (Å²) in [4.78, 5) is 8.70. The van der Waals surface area contributed by atoms with Crippen LogP contribution < -0.4 is 0 Å². The lowest BCUT2D eigenvalue weighted by atomic mass is 9.90. The van der Waals surface area contributed by atoms with Crippen molar-refractivity contribution >= 4 is 0 Å². The van der Waals surface area contributed by atoms with Crippen molar-refractivity contribution in [1.29, 1.82) is 0 Å². The van der Waals surface area contributed by atoms with Gasteiger partial charge in [0.1, 0.15) is 5.76 Å². The third-order valence-electron chi connectivity index (χ3n) is 6.15. The van der Waals surface area contributed by atoms with E-state index < -0.39 is 0 Å². The highest BCUT2D eigenvalue weighted by atomic mass is 16.4. The minimum atomic E-state index is 0.00347. The maximum absolute atomic E-state index is 5.70. The number of hydrogen-bond donors (Lipinski definition) is 0. The number of oxazole rings is 1. The van der Waals surface area contributed by atoms with Crippen molar-refractivity contribution in [1.82, 2.24) is 24.3 Å². The predicted molar refractivity (Wildman–Crippen MR) is 166 cm³/mol. The maximum atomic E-state index is 5.70. The van der Waals surface area contributed by atoms with E-state index in [1.807, 2.05) is 23.4 Å². The monoisotopic (exact) mass is 541 g/mol. The second-order valence-electron chi connectivity index (χ2n) is 16.7. The van der Waals surface area contributed by atoms with Crippen molar-refractivity contribution in [2.75, 3.05) is 0 Å². The van der Waals surface area contributed by atoms with Crippen molar-refractivity contribution in [3.63, 3.8) is 0 Å². The topological polar surface area (TPSA) is 61.7 Å². The van der Waals surface area contributed by atoms with Crippen LogP contribution in [0.5, 0.6) is 0 Å². The zero-order valence-corrected chi connectivity index (χ0v) is 28.5. The average molecular weight is 542 g/mol. The minimum Gasteiger partial charge on any atom is -0.445 e. The van der Waals surface area contributed by atoms with Gasteiger partial charge in [0.15, 0.2) is 5.89 Å². The highest BCUT2D eigenvalue weighted by Crippen LogP contribution is 2.28. The van der Waals surface area contributed by atoms with Gasteiger partial charge in [-0.2, -0.15) is 5.10 Å². The van der Waals surface area contributed by atoms with Crippen LogP contribution in [-0.4, -0.2) is 24.3 Å². The third kappa shape index (κ3) is 11.0. The Morgan fingerprint density at radius 1 is 0.564 bits per heavy atom. The highest BCUT2D eigenvalue weighted by Gasteiger charge is 2.25. The van der Waals surface area contributed by atoms with E-state index in [2.05, 4.69) is 157 Å². The van der Waals surface area contributed by atoms with Crippen LogP contribution in [0.15, 0.2) is 35.5 Å². The number of imidazole rings is 1. The summed E-state index contributed by atoms with van der Waals surface area (Å²) in [6.45, 7) is 38.9. The van der Waals surface area contributed by atoms with Gasteiger partial charge in [-0.15, -0.1) is 0 Å². The van der Waals surface area contributed by atoms with Gasteiger partial charge < -0.3 is 8.98 Å². The van der Waals surface area contributed by atoms with Crippen molar-refractivity contribution in [2.45, 2.75) is 157 Å². The van der Waals surface area contributed by atoms with Gasteiger partial charge in [-0.25, -0.2) is 9.97 Å². The first-order valence-electron chi connectivity index (χ1n) is 14.2. The Hall–Kier alpha value is -2.37. The summed E-state index contributed by atoms with van der Waals surface area (Å²) in [6.07, 6.45) is 9.99. The molecule has 0 bridgehead atoms. The molecule has 0 atom stereocenters. The fourth-order valence-corrected chi connectivity index (χ4v) is 3.12. The van der Waals surface area contributed by atoms with Crippen molar-refractivity contribution < 1.29 is 4.42 Å². The molecular formula is C33H59N5O. The van der Waals surface area contributed by atoms with E-state index in [1.54, 1.807) is 0 Å². The first-order chi connectivity index (χ1) is 17.1. The Labute approximate surface area is 240 Å². The van der Waals surface area contributed by atoms with Crippen LogP contribution in [0.3, 0.4) is 0 Å². The normalized spacial score (nSPS) is 13.4. The molecule has 6 heteroatoms. The SMILES string of the molecule is CC(C)(C)c1cn(C(C)(C)C)cn1.CC(C)(C)c1cnc(C(C)(C)C)o1.CC(C)(C)c1cnn(C(C)(C)C)c1. The van der Waals surface area contributed by atoms with Gasteiger partial charge in [0.2, 0.25) is 0 Å². The molecule has 0 N–H and O–H groups in total. The molecular weight excluding hydrogens is 482 g/mol. The van der Waals surface area contributed by atoms with Crippen LogP contribution >= 0.6 is 0 Å². The van der Waals surface area contributed by atoms with E-state index >= 15 is 0 Å². The summed E-state index contributed by atoms with van der Waals surface area (Å²) >= 11 is 0. The molecule has 222 valence electrons. The Morgan fingerprint density at radius 3 is 1.33 bits per heavy atom. The lowest BCUT2D eigenvalue weighted by molar-refractivity contribution is 0.335. The molecule has 0 unspecified atom stereocenters. The molecule has 3 aromatic heterocycles. The summed E-state index contributed by atoms with van der Waals surface area (Å²) in [5.74, 6) is 1.77. The molecule has 0 aliphatic heterocycles. The van der Waals surface area contributed by atoms with Gasteiger partial charge in [0.05, 0.1) is 30.0 Å². The first-order valence-corrected chi connectivity index (χ1v) is 14.2. The molecule has 0 saturated heterocycles. The molecule has 0 fully saturated rings. The molecule has 0 spiro atoms. The minimum absolute atomic E-state index is 0.00347. The Balaban J connectivity index is 0.000000292. The molecule has 0 amide bonds. The molecule has 0 aromatic carbocycles. The lowest BCUT2D eigenvalue weighted by Gasteiger charge is -2.20. The van der Waals surface area contributed by atoms with Crippen molar-refractivity contribution in [3.05, 3.63) is 54.0 Å². The number of rotatable bonds is 0. The summed E-state index contributed by atoms with van der Waals surface area (Å²) in [5.41, 5.74) is 3.07. The van der Waals surface area contributed by atoms with Gasteiger partial charge in [-0.1, -0.05) is 83.1 Å². The zero-order chi connectivity index (χ0) is 30.8. The van der Waals surface area contributed by atoms with Crippen molar-refractivity contribution in [3.8, 4) is 0 Å². The Morgan fingerprint density at radius 2 is 1.10 bits per heavy atom. The largest absolute Gasteiger partial charge is 0.445 e. The highest BCUT2D eigenvalue weighted by molar-refractivity contribution is 5.16. The van der Waals surface area contributed by atoms with Crippen LogP contribution in [-0.2, 0) is 32.7 Å². The van der Waals surface area contributed by atoms with Gasteiger partial charge in [0.25, 0.3) is 0 Å². The molecule has 3 aromatic rings. The zero-order valence-electron chi connectivity index (χ0n) is 28.5. The van der Waals surface area contributed by atoms with Crippen LogP contribution in [0.2, 0.25) is 0 Å². The Kier molecular flexibility index (Phi) is 10.3. The molecule has 0 aliphatic carbocycles. The molecule has 0 saturated carbocycles. The van der Waals surface area contributed by atoms with E-state index in [9.17, 15) is 0 Å². The van der Waals surface area contributed by atoms with Crippen LogP contribution in [0.1, 0.15) is 148 Å². The van der Waals surface area contributed by atoms with Crippen molar-refractivity contribution in [2.24, 2.45) is 0 Å². The summed E-state index contributed by atoms with van der Waals surface area (Å²) < 4.78 is 9.88. The summed E-state index contributed by atoms with van der Waals surface area (Å²) in [5, 5.41) is 4.37. The van der Waals surface area contributed by atoms with E-state index in [0.717, 1.165) is 17.3 Å². The molecule has 3 rings (SSSR count). The molecule has 0 radical (unpaired) electrons. The average Bonchev–Trinajstić information content (AvgIpc) is 3.45. The fraction of sp³-hybridized carbons (Fsp3) is 0.727. The third-order valence-corrected chi connectivity index (χ3v) is 6.15. The summed E-state index contributed by atoms with van der Waals surface area (Å²) in [6, 6.07) is 0. The first kappa shape index (κ1) is 34.7. The Bertz CT molecular complexity index is 918. The van der Waals surface area contributed by atoms with E-state index in [1.165, 1.54) is 5.56 Å². The standard InChI is InChI=1S/2C11H20N2.C11H19NO/c1-10(2,3)9-7-13(8-12-9)11(4,5)6;1-10(2,3)9-7-12-13(8-9)11(4,5)6;1-10(2,3)8-7-12-9(13-8)11(4,5)6/h2*7-8H,1-6H3;7H,1-6H3. The van der Waals surface area contributed by atoms with Gasteiger partial charge in [-0.3, -0.25) is 4.68 Å². The van der Waals surface area contributed by atoms with Crippen LogP contribution in [0.25, 0.3) is 0 Å². The van der Waals surface area contributed by atoms with Gasteiger partial charge in [0, 0.05) is 34.2 Å². The van der Waals surface area contributed by atoms with Crippen LogP contribution in [0, 0.1) is 0 Å². The molecule has 39 heavy (non-hydrogen) atoms. The quantitative estimate of drug-likeness (QED) is 0.285. The second kappa shape index (κ2) is 11.6. The number of hydrogen-bond acceptors (Lipinski definition) is 4. The maximum Gasteiger partial charge on any atom is 0.199 e. The molecule has 0 aliphatic rings. The van der Waals surface area contributed by atoms with Crippen LogP contribution in [0.4, 0.5) is 0 Å². The van der Waals surface area contributed by atoms with Gasteiger partial charge in [-0.05, 0) is 52.5 Å². The number of aromatic nitrogens is 5. The van der Waals surface area contributed by atoms with E-state index in [-0.39, 0.29) is 32.7 Å². The van der Waals surface area contributed by atoms with Gasteiger partial charge >= 0.3 is 0 Å². The van der Waals surface area contributed by atoms with E-state index in [0.29, 0.717) is 0 Å². The smallest absolute Gasteiger partial charge is 0.199 e. The predicted octanol–water partition coefficient (Wildman–Crippen LogP) is 9.14. The fourth-order valence-electron chi connectivity index (χ4n) is 3.12. The molecule has 3 heterocycles. The van der Waals surface area contributed by atoms with E-state index in [4.69, 9.17) is 4.42 Å². The lowest BCUT2D eigenvalue weighted by Crippen LogP contribution is -2.22.